The van der Waals surface area contributed by atoms with Crippen LogP contribution in [0.15, 0.2) is 18.3 Å². The molecule has 0 aliphatic carbocycles. The molecule has 0 saturated carbocycles. The molecule has 1 atom stereocenters. The Morgan fingerprint density at radius 1 is 1.73 bits per heavy atom. The van der Waals surface area contributed by atoms with Crippen LogP contribution in [0.5, 0.6) is 0 Å². The maximum Gasteiger partial charge on any atom is 0.241 e. The Hall–Kier alpha value is -1.13. The zero-order valence-electron chi connectivity index (χ0n) is 8.53. The first-order valence-corrected chi connectivity index (χ1v) is 5.20. The van der Waals surface area contributed by atoms with E-state index >= 15 is 0 Å². The lowest BCUT2D eigenvalue weighted by molar-refractivity contribution is -0.117. The van der Waals surface area contributed by atoms with Gasteiger partial charge in [0.05, 0.1) is 11.7 Å². The summed E-state index contributed by atoms with van der Waals surface area (Å²) in [6.07, 6.45) is 3.09. The Morgan fingerprint density at radius 3 is 3.07 bits per heavy atom. The van der Waals surface area contributed by atoms with Crippen molar-refractivity contribution >= 4 is 23.2 Å². The molecule has 1 aromatic rings. The van der Waals surface area contributed by atoms with Gasteiger partial charge in [-0.15, -0.1) is 0 Å². The quantitative estimate of drug-likeness (QED) is 0.771. The fraction of sp³-hybridized carbons (Fsp3) is 0.400. The lowest BCUT2D eigenvalue weighted by atomic mass is 10.1. The van der Waals surface area contributed by atoms with Gasteiger partial charge in [0, 0.05) is 6.20 Å². The van der Waals surface area contributed by atoms with Gasteiger partial charge in [0.25, 0.3) is 0 Å². The lowest BCUT2D eigenvalue weighted by Crippen LogP contribution is -2.35. The zero-order chi connectivity index (χ0) is 11.3. The van der Waals surface area contributed by atoms with E-state index in [1.165, 1.54) is 0 Å². The number of amides is 1. The molecule has 0 aliphatic heterocycles. The number of hydrogen-bond acceptors (Lipinski definition) is 3. The van der Waals surface area contributed by atoms with Gasteiger partial charge in [-0.3, -0.25) is 4.79 Å². The van der Waals surface area contributed by atoms with Gasteiger partial charge in [-0.2, -0.15) is 0 Å². The van der Waals surface area contributed by atoms with Crippen LogP contribution in [0.25, 0.3) is 0 Å². The molecule has 1 aromatic heterocycles. The molecule has 5 heteroatoms. The summed E-state index contributed by atoms with van der Waals surface area (Å²) in [5.41, 5.74) is 6.15. The van der Waals surface area contributed by atoms with Crippen molar-refractivity contribution in [3.63, 3.8) is 0 Å². The Labute approximate surface area is 93.8 Å². The zero-order valence-corrected chi connectivity index (χ0v) is 9.29. The molecular weight excluding hydrogens is 214 g/mol. The van der Waals surface area contributed by atoms with Gasteiger partial charge in [-0.05, 0) is 18.6 Å². The van der Waals surface area contributed by atoms with E-state index in [9.17, 15) is 4.79 Å². The van der Waals surface area contributed by atoms with Crippen molar-refractivity contribution in [2.45, 2.75) is 25.8 Å². The van der Waals surface area contributed by atoms with Crippen LogP contribution in [0.4, 0.5) is 5.69 Å². The van der Waals surface area contributed by atoms with Crippen LogP contribution in [0, 0.1) is 0 Å². The van der Waals surface area contributed by atoms with Crippen LogP contribution < -0.4 is 11.1 Å². The summed E-state index contributed by atoms with van der Waals surface area (Å²) in [7, 11) is 0. The first-order chi connectivity index (χ1) is 7.15. The van der Waals surface area contributed by atoms with E-state index in [0.29, 0.717) is 12.1 Å². The second-order valence-electron chi connectivity index (χ2n) is 3.23. The molecule has 0 aliphatic rings. The average Bonchev–Trinajstić information content (AvgIpc) is 2.21. The van der Waals surface area contributed by atoms with Gasteiger partial charge < -0.3 is 11.1 Å². The third-order valence-electron chi connectivity index (χ3n) is 1.95. The fourth-order valence-corrected chi connectivity index (χ4v) is 1.31. The predicted octanol–water partition coefficient (Wildman–Crippen LogP) is 1.80. The first kappa shape index (κ1) is 11.9. The molecule has 0 radical (unpaired) electrons. The maximum atomic E-state index is 11.5. The standard InChI is InChI=1S/C10H14ClN3O/c1-2-4-7(12)10(15)14-8-5-3-6-13-9(8)11/h3,5-7H,2,4,12H2,1H3,(H,14,15)/t7-/m1/s1. The molecule has 15 heavy (non-hydrogen) atoms. The summed E-state index contributed by atoms with van der Waals surface area (Å²) in [5.74, 6) is -0.230. The Kier molecular flexibility index (Phi) is 4.52. The van der Waals surface area contributed by atoms with Crippen LogP contribution in [-0.2, 0) is 4.79 Å². The van der Waals surface area contributed by atoms with Crippen molar-refractivity contribution in [3.8, 4) is 0 Å². The van der Waals surface area contributed by atoms with Crippen LogP contribution in [0.1, 0.15) is 19.8 Å². The molecule has 4 nitrogen and oxygen atoms in total. The number of aromatic nitrogens is 1. The molecule has 1 rings (SSSR count). The van der Waals surface area contributed by atoms with Crippen LogP contribution in [0.2, 0.25) is 5.15 Å². The molecule has 0 saturated heterocycles. The fourth-order valence-electron chi connectivity index (χ4n) is 1.15. The van der Waals surface area contributed by atoms with Gasteiger partial charge in [0.2, 0.25) is 5.91 Å². The first-order valence-electron chi connectivity index (χ1n) is 4.82. The molecule has 0 bridgehead atoms. The maximum absolute atomic E-state index is 11.5. The lowest BCUT2D eigenvalue weighted by Gasteiger charge is -2.11. The predicted molar refractivity (Wildman–Crippen MR) is 60.8 cm³/mol. The van der Waals surface area contributed by atoms with E-state index in [2.05, 4.69) is 10.3 Å². The highest BCUT2D eigenvalue weighted by atomic mass is 35.5. The minimum Gasteiger partial charge on any atom is -0.322 e. The number of carbonyl (C=O) groups excluding carboxylic acids is 1. The molecule has 0 aromatic carbocycles. The number of rotatable bonds is 4. The van der Waals surface area contributed by atoms with E-state index in [4.69, 9.17) is 17.3 Å². The normalized spacial score (nSPS) is 12.2. The number of hydrogen-bond donors (Lipinski definition) is 2. The Morgan fingerprint density at radius 2 is 2.47 bits per heavy atom. The smallest absolute Gasteiger partial charge is 0.241 e. The Bertz CT molecular complexity index is 343. The molecular formula is C10H14ClN3O. The van der Waals surface area contributed by atoms with E-state index in [1.54, 1.807) is 18.3 Å². The highest BCUT2D eigenvalue weighted by Gasteiger charge is 2.13. The SMILES string of the molecule is CCC[C@@H](N)C(=O)Nc1cccnc1Cl. The van der Waals surface area contributed by atoms with Crippen molar-refractivity contribution in [2.75, 3.05) is 5.32 Å². The van der Waals surface area contributed by atoms with Crippen molar-refractivity contribution in [2.24, 2.45) is 5.73 Å². The minimum atomic E-state index is -0.494. The number of nitrogens with two attached hydrogens (primary N) is 1. The molecule has 1 amide bonds. The third kappa shape index (κ3) is 3.49. The summed E-state index contributed by atoms with van der Waals surface area (Å²) in [6.45, 7) is 1.98. The summed E-state index contributed by atoms with van der Waals surface area (Å²) in [6, 6.07) is 2.89. The van der Waals surface area contributed by atoms with E-state index < -0.39 is 6.04 Å². The van der Waals surface area contributed by atoms with E-state index in [0.717, 1.165) is 6.42 Å². The Balaban J connectivity index is 2.62. The molecule has 82 valence electrons. The number of carbonyl (C=O) groups is 1. The van der Waals surface area contributed by atoms with Crippen LogP contribution in [-0.4, -0.2) is 16.9 Å². The number of nitrogens with one attached hydrogen (secondary N) is 1. The minimum absolute atomic E-state index is 0.230. The van der Waals surface area contributed by atoms with Gasteiger partial charge in [-0.1, -0.05) is 24.9 Å². The largest absolute Gasteiger partial charge is 0.322 e. The second-order valence-corrected chi connectivity index (χ2v) is 3.58. The summed E-state index contributed by atoms with van der Waals surface area (Å²) in [5, 5.41) is 2.91. The molecule has 0 spiro atoms. The molecule has 1 heterocycles. The second kappa shape index (κ2) is 5.68. The summed E-state index contributed by atoms with van der Waals surface area (Å²) in [4.78, 5) is 15.4. The van der Waals surface area contributed by atoms with Gasteiger partial charge >= 0.3 is 0 Å². The van der Waals surface area contributed by atoms with Gasteiger partial charge in [0.1, 0.15) is 0 Å². The van der Waals surface area contributed by atoms with Crippen molar-refractivity contribution < 1.29 is 4.79 Å². The van der Waals surface area contributed by atoms with Gasteiger partial charge in [0.15, 0.2) is 5.15 Å². The van der Waals surface area contributed by atoms with Crippen molar-refractivity contribution in [1.29, 1.82) is 0 Å². The summed E-state index contributed by atoms with van der Waals surface area (Å²) < 4.78 is 0. The summed E-state index contributed by atoms with van der Waals surface area (Å²) >= 11 is 5.78. The topological polar surface area (TPSA) is 68.0 Å². The number of nitrogens with zero attached hydrogens (tertiary/aromatic N) is 1. The molecule has 0 fully saturated rings. The highest BCUT2D eigenvalue weighted by Crippen LogP contribution is 2.17. The number of pyridine rings is 1. The van der Waals surface area contributed by atoms with Crippen molar-refractivity contribution in [1.82, 2.24) is 4.98 Å². The van der Waals surface area contributed by atoms with Crippen molar-refractivity contribution in [3.05, 3.63) is 23.5 Å². The molecule has 3 N–H and O–H groups in total. The monoisotopic (exact) mass is 227 g/mol. The van der Waals surface area contributed by atoms with Crippen LogP contribution >= 0.6 is 11.6 Å². The molecule has 0 unspecified atom stereocenters. The third-order valence-corrected chi connectivity index (χ3v) is 2.25. The average molecular weight is 228 g/mol. The van der Waals surface area contributed by atoms with E-state index in [1.807, 2.05) is 6.92 Å². The number of anilines is 1. The van der Waals surface area contributed by atoms with Crippen LogP contribution in [0.3, 0.4) is 0 Å². The van der Waals surface area contributed by atoms with Gasteiger partial charge in [-0.25, -0.2) is 4.98 Å². The van der Waals surface area contributed by atoms with E-state index in [-0.39, 0.29) is 11.1 Å². The highest BCUT2D eigenvalue weighted by molar-refractivity contribution is 6.32. The number of halogens is 1.